The molecule has 3 fully saturated rings. The molecule has 3 aliphatic heterocycles. The van der Waals surface area contributed by atoms with Gasteiger partial charge < -0.3 is 27.9 Å². The molecule has 0 spiro atoms. The van der Waals surface area contributed by atoms with Gasteiger partial charge >= 0.3 is 21.4 Å². The van der Waals surface area contributed by atoms with Crippen molar-refractivity contribution in [2.45, 2.75) is 154 Å². The zero-order chi connectivity index (χ0) is 32.7. The average Bonchev–Trinajstić information content (AvgIpc) is 3.49. The van der Waals surface area contributed by atoms with Gasteiger partial charge in [-0.2, -0.15) is 0 Å². The van der Waals surface area contributed by atoms with E-state index in [1.807, 2.05) is 18.2 Å². The van der Waals surface area contributed by atoms with E-state index in [1.165, 1.54) is 18.4 Å². The quantitative estimate of drug-likeness (QED) is 0.188. The van der Waals surface area contributed by atoms with Crippen LogP contribution in [0, 0.1) is 6.92 Å². The predicted octanol–water partition coefficient (Wildman–Crippen LogP) is 7.06. The molecule has 9 heteroatoms. The number of hydrogen-bond donors (Lipinski definition) is 0. The highest BCUT2D eigenvalue weighted by Crippen LogP contribution is 2.50. The van der Waals surface area contributed by atoms with Crippen LogP contribution in [-0.4, -0.2) is 55.0 Å². The summed E-state index contributed by atoms with van der Waals surface area (Å²) in [5.41, 5.74) is 0.255. The molecule has 6 nitrogen and oxygen atoms in total. The van der Waals surface area contributed by atoms with E-state index in [9.17, 15) is 0 Å². The van der Waals surface area contributed by atoms with Crippen LogP contribution in [0.15, 0.2) is 54.6 Å². The molecular formula is C36H55B3O6. The number of aryl methyl sites for hydroxylation is 1. The summed E-state index contributed by atoms with van der Waals surface area (Å²) in [7, 11) is -1.03. The van der Waals surface area contributed by atoms with Gasteiger partial charge in [-0.1, -0.05) is 86.3 Å². The zero-order valence-corrected chi connectivity index (χ0v) is 29.5. The van der Waals surface area contributed by atoms with Crippen molar-refractivity contribution in [3.63, 3.8) is 0 Å². The van der Waals surface area contributed by atoms with Crippen molar-refractivity contribution < 1.29 is 27.9 Å². The van der Waals surface area contributed by atoms with Crippen LogP contribution in [0.3, 0.4) is 0 Å². The number of rotatable bonds is 12. The minimum Gasteiger partial charge on any atom is -0.403 e. The van der Waals surface area contributed by atoms with Crippen molar-refractivity contribution >= 4 is 32.3 Å². The largest absolute Gasteiger partial charge is 0.494 e. The van der Waals surface area contributed by atoms with Crippen molar-refractivity contribution in [3.05, 3.63) is 60.2 Å². The SMILES string of the molecule is CCCCCB1OC(C)(C)C(C)(CCC2(C)OB(c3ccccc3)OC2(C)CCC2(C)OB(c3ccc(C)cc3)OC2(C)C)O1. The van der Waals surface area contributed by atoms with Gasteiger partial charge in [-0.05, 0) is 105 Å². The summed E-state index contributed by atoms with van der Waals surface area (Å²) in [6, 6.07) is 18.7. The monoisotopic (exact) mass is 616 g/mol. The fraction of sp³-hybridized carbons (Fsp3) is 0.667. The normalized spacial score (nSPS) is 32.5. The first kappa shape index (κ1) is 34.7. The third-order valence-corrected chi connectivity index (χ3v) is 11.6. The first-order valence-corrected chi connectivity index (χ1v) is 17.2. The van der Waals surface area contributed by atoms with Crippen molar-refractivity contribution in [3.8, 4) is 0 Å². The molecule has 0 amide bonds. The number of unbranched alkanes of at least 4 members (excludes halogenated alkanes) is 2. The Kier molecular flexibility index (Phi) is 9.86. The summed E-state index contributed by atoms with van der Waals surface area (Å²) < 4.78 is 40.4. The van der Waals surface area contributed by atoms with Crippen LogP contribution >= 0.6 is 0 Å². The van der Waals surface area contributed by atoms with Gasteiger partial charge in [0.15, 0.2) is 0 Å². The van der Waals surface area contributed by atoms with Crippen LogP contribution in [-0.2, 0) is 27.9 Å². The van der Waals surface area contributed by atoms with Crippen molar-refractivity contribution in [2.75, 3.05) is 0 Å². The minimum absolute atomic E-state index is 0.170. The van der Waals surface area contributed by atoms with Crippen molar-refractivity contribution in [1.82, 2.24) is 0 Å². The Hall–Kier alpha value is -1.61. The van der Waals surface area contributed by atoms with Crippen LogP contribution < -0.4 is 10.9 Å². The second-order valence-corrected chi connectivity index (χ2v) is 15.6. The second kappa shape index (κ2) is 12.8. The summed E-state index contributed by atoms with van der Waals surface area (Å²) in [6.45, 7) is 21.7. The summed E-state index contributed by atoms with van der Waals surface area (Å²) in [5.74, 6) is 0. The fourth-order valence-corrected chi connectivity index (χ4v) is 7.06. The molecule has 3 aliphatic rings. The summed E-state index contributed by atoms with van der Waals surface area (Å²) in [6.07, 6.45) is 7.47. The molecule has 0 radical (unpaired) electrons. The third kappa shape index (κ3) is 6.86. The molecule has 0 N–H and O–H groups in total. The van der Waals surface area contributed by atoms with Crippen LogP contribution in [0.5, 0.6) is 0 Å². The lowest BCUT2D eigenvalue weighted by atomic mass is 9.72. The molecule has 45 heavy (non-hydrogen) atoms. The molecule has 244 valence electrons. The molecule has 0 bridgehead atoms. The van der Waals surface area contributed by atoms with Gasteiger partial charge in [0.05, 0.1) is 33.6 Å². The zero-order valence-electron chi connectivity index (χ0n) is 29.5. The second-order valence-electron chi connectivity index (χ2n) is 15.6. The Morgan fingerprint density at radius 1 is 0.511 bits per heavy atom. The highest BCUT2D eigenvalue weighted by Gasteiger charge is 2.61. The van der Waals surface area contributed by atoms with Gasteiger partial charge in [-0.25, -0.2) is 0 Å². The van der Waals surface area contributed by atoms with E-state index in [4.69, 9.17) is 27.9 Å². The molecule has 4 atom stereocenters. The van der Waals surface area contributed by atoms with Gasteiger partial charge in [0.25, 0.3) is 0 Å². The van der Waals surface area contributed by atoms with Crippen molar-refractivity contribution in [1.29, 1.82) is 0 Å². The Bertz CT molecular complexity index is 1290. The fourth-order valence-electron chi connectivity index (χ4n) is 7.06. The Balaban J connectivity index is 1.35. The molecule has 4 unspecified atom stereocenters. The van der Waals surface area contributed by atoms with E-state index in [2.05, 4.69) is 106 Å². The molecule has 3 heterocycles. The van der Waals surface area contributed by atoms with Gasteiger partial charge in [0.2, 0.25) is 0 Å². The standard InChI is InChI=1S/C36H55B3O6/c1-11-12-16-27-37-40-31(3,4)33(7,42-37)23-25-35(9)36(10,45-39(44-35)29-17-14-13-15-18-29)26-24-34(8)32(5,6)41-38(43-34)30-21-19-28(2)20-22-30/h13-15,17-22H,11-12,16,23-27H2,1-10H3. The Morgan fingerprint density at radius 3 is 1.56 bits per heavy atom. The lowest BCUT2D eigenvalue weighted by molar-refractivity contribution is -0.0817. The lowest BCUT2D eigenvalue weighted by Crippen LogP contribution is -2.53. The van der Waals surface area contributed by atoms with Crippen LogP contribution in [0.2, 0.25) is 6.32 Å². The molecule has 2 aromatic carbocycles. The molecule has 0 aliphatic carbocycles. The van der Waals surface area contributed by atoms with Gasteiger partial charge in [0, 0.05) is 0 Å². The molecule has 0 saturated carbocycles. The maximum Gasteiger partial charge on any atom is 0.494 e. The minimum atomic E-state index is -0.585. The summed E-state index contributed by atoms with van der Waals surface area (Å²) in [4.78, 5) is 0. The van der Waals surface area contributed by atoms with Crippen LogP contribution in [0.4, 0.5) is 0 Å². The highest BCUT2D eigenvalue weighted by atomic mass is 16.7. The maximum absolute atomic E-state index is 6.94. The van der Waals surface area contributed by atoms with E-state index in [1.54, 1.807) is 0 Å². The molecule has 0 aromatic heterocycles. The molecular weight excluding hydrogens is 561 g/mol. The van der Waals surface area contributed by atoms with Gasteiger partial charge in [-0.3, -0.25) is 0 Å². The van der Waals surface area contributed by atoms with Crippen molar-refractivity contribution in [2.24, 2.45) is 0 Å². The smallest absolute Gasteiger partial charge is 0.403 e. The van der Waals surface area contributed by atoms with E-state index >= 15 is 0 Å². The van der Waals surface area contributed by atoms with Crippen LogP contribution in [0.25, 0.3) is 0 Å². The van der Waals surface area contributed by atoms with E-state index in [0.717, 1.165) is 49.3 Å². The predicted molar refractivity (Wildman–Crippen MR) is 185 cm³/mol. The topological polar surface area (TPSA) is 55.4 Å². The van der Waals surface area contributed by atoms with E-state index in [-0.39, 0.29) is 7.12 Å². The molecule has 2 aromatic rings. The maximum atomic E-state index is 6.94. The average molecular weight is 616 g/mol. The summed E-state index contributed by atoms with van der Waals surface area (Å²) >= 11 is 0. The van der Waals surface area contributed by atoms with Gasteiger partial charge in [0.1, 0.15) is 0 Å². The van der Waals surface area contributed by atoms with E-state index < -0.39 is 47.8 Å². The number of benzene rings is 2. The highest BCUT2D eigenvalue weighted by molar-refractivity contribution is 6.62. The van der Waals surface area contributed by atoms with Crippen LogP contribution in [0.1, 0.15) is 113 Å². The number of hydrogen-bond acceptors (Lipinski definition) is 6. The third-order valence-electron chi connectivity index (χ3n) is 11.6. The Labute approximate surface area is 274 Å². The van der Waals surface area contributed by atoms with Gasteiger partial charge in [-0.15, -0.1) is 0 Å². The first-order valence-electron chi connectivity index (χ1n) is 17.2. The Morgan fingerprint density at radius 2 is 0.978 bits per heavy atom. The first-order chi connectivity index (χ1) is 21.0. The summed E-state index contributed by atoms with van der Waals surface area (Å²) in [5, 5.41) is 0. The molecule has 5 rings (SSSR count). The molecule has 3 saturated heterocycles. The lowest BCUT2D eigenvalue weighted by Gasteiger charge is -2.45. The van der Waals surface area contributed by atoms with E-state index in [0.29, 0.717) is 0 Å².